The smallest absolute Gasteiger partial charge is 0.332 e. The fourth-order valence-corrected chi connectivity index (χ4v) is 3.30. The van der Waals surface area contributed by atoms with Crippen LogP contribution < -0.4 is 16.0 Å². The van der Waals surface area contributed by atoms with Crippen molar-refractivity contribution in [2.75, 3.05) is 13.1 Å². The minimum atomic E-state index is -0.532. The molecule has 2 unspecified atom stereocenters. The number of nitrogens with one attached hydrogen (secondary N) is 3. The zero-order valence-corrected chi connectivity index (χ0v) is 13.0. The van der Waals surface area contributed by atoms with Gasteiger partial charge in [-0.25, -0.2) is 18.9 Å². The molecule has 126 valence electrons. The van der Waals surface area contributed by atoms with Crippen molar-refractivity contribution in [2.24, 2.45) is 0 Å². The SMILES string of the molecule is O=C1NC2NC(c3ccccc3F)NC=C2N1C(=O)N1CCCC1. The van der Waals surface area contributed by atoms with E-state index in [4.69, 9.17) is 0 Å². The summed E-state index contributed by atoms with van der Waals surface area (Å²) < 4.78 is 13.9. The van der Waals surface area contributed by atoms with E-state index in [0.717, 1.165) is 17.7 Å². The van der Waals surface area contributed by atoms with Crippen LogP contribution in [-0.2, 0) is 0 Å². The number of hydrogen-bond donors (Lipinski definition) is 3. The summed E-state index contributed by atoms with van der Waals surface area (Å²) in [4.78, 5) is 27.6. The Morgan fingerprint density at radius 1 is 1.17 bits per heavy atom. The van der Waals surface area contributed by atoms with E-state index in [1.165, 1.54) is 6.07 Å². The number of fused-ring (bicyclic) bond motifs is 1. The predicted molar refractivity (Wildman–Crippen MR) is 83.9 cm³/mol. The number of carbonyl (C=O) groups excluding carboxylic acids is 2. The largest absolute Gasteiger partial charge is 0.370 e. The van der Waals surface area contributed by atoms with Gasteiger partial charge in [0, 0.05) is 24.9 Å². The van der Waals surface area contributed by atoms with Crippen LogP contribution in [0.1, 0.15) is 24.6 Å². The number of urea groups is 2. The Kier molecular flexibility index (Phi) is 3.61. The fourth-order valence-electron chi connectivity index (χ4n) is 3.30. The number of likely N-dealkylation sites (tertiary alicyclic amines) is 1. The summed E-state index contributed by atoms with van der Waals surface area (Å²) >= 11 is 0. The van der Waals surface area contributed by atoms with Crippen molar-refractivity contribution in [1.82, 2.24) is 25.8 Å². The molecule has 0 aromatic heterocycles. The van der Waals surface area contributed by atoms with E-state index in [2.05, 4.69) is 16.0 Å². The number of benzene rings is 1. The van der Waals surface area contributed by atoms with Gasteiger partial charge in [-0.2, -0.15) is 0 Å². The molecule has 8 heteroatoms. The normalized spacial score (nSPS) is 25.9. The van der Waals surface area contributed by atoms with E-state index in [9.17, 15) is 14.0 Å². The third kappa shape index (κ3) is 2.39. The maximum absolute atomic E-state index is 13.9. The summed E-state index contributed by atoms with van der Waals surface area (Å²) in [6.45, 7) is 1.33. The van der Waals surface area contributed by atoms with E-state index in [1.807, 2.05) is 0 Å². The highest BCUT2D eigenvalue weighted by atomic mass is 19.1. The summed E-state index contributed by atoms with van der Waals surface area (Å²) in [5.41, 5.74) is 0.954. The van der Waals surface area contributed by atoms with Gasteiger partial charge in [0.15, 0.2) is 0 Å². The second-order valence-corrected chi connectivity index (χ2v) is 6.05. The number of rotatable bonds is 1. The lowest BCUT2D eigenvalue weighted by Crippen LogP contribution is -2.49. The maximum Gasteiger partial charge on any atom is 0.332 e. The van der Waals surface area contributed by atoms with E-state index in [0.29, 0.717) is 24.4 Å². The van der Waals surface area contributed by atoms with E-state index in [1.54, 1.807) is 29.3 Å². The van der Waals surface area contributed by atoms with Crippen LogP contribution in [0.25, 0.3) is 0 Å². The minimum absolute atomic E-state index is 0.313. The van der Waals surface area contributed by atoms with Crippen molar-refractivity contribution in [3.63, 3.8) is 0 Å². The quantitative estimate of drug-likeness (QED) is 0.727. The van der Waals surface area contributed by atoms with Gasteiger partial charge >= 0.3 is 12.1 Å². The zero-order valence-electron chi connectivity index (χ0n) is 13.0. The predicted octanol–water partition coefficient (Wildman–Crippen LogP) is 1.43. The number of imide groups is 1. The summed E-state index contributed by atoms with van der Waals surface area (Å²) in [7, 11) is 0. The summed E-state index contributed by atoms with van der Waals surface area (Å²) in [6.07, 6.45) is 2.49. The second-order valence-electron chi connectivity index (χ2n) is 6.05. The molecule has 24 heavy (non-hydrogen) atoms. The zero-order chi connectivity index (χ0) is 16.7. The molecular weight excluding hydrogens is 313 g/mol. The van der Waals surface area contributed by atoms with Crippen molar-refractivity contribution in [3.05, 3.63) is 47.5 Å². The monoisotopic (exact) mass is 331 g/mol. The van der Waals surface area contributed by atoms with Crippen LogP contribution in [0.2, 0.25) is 0 Å². The number of amides is 4. The summed E-state index contributed by atoms with van der Waals surface area (Å²) in [5.74, 6) is -0.339. The lowest BCUT2D eigenvalue weighted by Gasteiger charge is -2.30. The summed E-state index contributed by atoms with van der Waals surface area (Å²) in [6, 6.07) is 5.64. The molecule has 2 fully saturated rings. The molecule has 3 heterocycles. The Morgan fingerprint density at radius 3 is 2.67 bits per heavy atom. The number of carbonyl (C=O) groups is 2. The van der Waals surface area contributed by atoms with Crippen molar-refractivity contribution in [1.29, 1.82) is 0 Å². The first-order chi connectivity index (χ1) is 11.6. The molecular formula is C16H18FN5O2. The van der Waals surface area contributed by atoms with Gasteiger partial charge in [0.25, 0.3) is 0 Å². The lowest BCUT2D eigenvalue weighted by atomic mass is 10.1. The molecule has 1 aromatic rings. The minimum Gasteiger partial charge on any atom is -0.370 e. The Balaban J connectivity index is 1.56. The van der Waals surface area contributed by atoms with Gasteiger partial charge in [-0.15, -0.1) is 0 Å². The number of nitrogens with zero attached hydrogens (tertiary/aromatic N) is 2. The Hall–Kier alpha value is -2.61. The van der Waals surface area contributed by atoms with Crippen molar-refractivity contribution < 1.29 is 14.0 Å². The van der Waals surface area contributed by atoms with Crippen LogP contribution in [0.15, 0.2) is 36.2 Å². The topological polar surface area (TPSA) is 76.7 Å². The van der Waals surface area contributed by atoms with Gasteiger partial charge < -0.3 is 15.5 Å². The van der Waals surface area contributed by atoms with Crippen LogP contribution in [0, 0.1) is 5.82 Å². The first kappa shape index (κ1) is 14.9. The highest BCUT2D eigenvalue weighted by Gasteiger charge is 2.43. The highest BCUT2D eigenvalue weighted by molar-refractivity contribution is 5.98. The van der Waals surface area contributed by atoms with Gasteiger partial charge in [-0.05, 0) is 18.9 Å². The van der Waals surface area contributed by atoms with Gasteiger partial charge in [0.1, 0.15) is 18.1 Å². The molecule has 3 aliphatic heterocycles. The van der Waals surface area contributed by atoms with Crippen molar-refractivity contribution >= 4 is 12.1 Å². The molecule has 2 saturated heterocycles. The van der Waals surface area contributed by atoms with Crippen LogP contribution in [0.3, 0.4) is 0 Å². The summed E-state index contributed by atoms with van der Waals surface area (Å²) in [5, 5.41) is 8.87. The third-order valence-corrected chi connectivity index (χ3v) is 4.54. The molecule has 3 N–H and O–H groups in total. The van der Waals surface area contributed by atoms with Gasteiger partial charge in [-0.1, -0.05) is 18.2 Å². The third-order valence-electron chi connectivity index (χ3n) is 4.54. The van der Waals surface area contributed by atoms with Crippen LogP contribution in [-0.4, -0.2) is 41.1 Å². The molecule has 1 aromatic carbocycles. The molecule has 0 radical (unpaired) electrons. The Morgan fingerprint density at radius 2 is 1.92 bits per heavy atom. The average Bonchev–Trinajstić information content (AvgIpc) is 3.21. The molecule has 3 aliphatic rings. The second kappa shape index (κ2) is 5.79. The molecule has 0 aliphatic carbocycles. The van der Waals surface area contributed by atoms with Crippen LogP contribution in [0.5, 0.6) is 0 Å². The van der Waals surface area contributed by atoms with Crippen LogP contribution >= 0.6 is 0 Å². The Bertz CT molecular complexity index is 716. The fraction of sp³-hybridized carbons (Fsp3) is 0.375. The average molecular weight is 331 g/mol. The number of hydrogen-bond acceptors (Lipinski definition) is 4. The Labute approximate surface area is 138 Å². The van der Waals surface area contributed by atoms with E-state index >= 15 is 0 Å². The molecule has 2 atom stereocenters. The van der Waals surface area contributed by atoms with Crippen molar-refractivity contribution in [2.45, 2.75) is 25.2 Å². The maximum atomic E-state index is 13.9. The molecule has 0 bridgehead atoms. The highest BCUT2D eigenvalue weighted by Crippen LogP contribution is 2.26. The molecule has 0 saturated carbocycles. The molecule has 4 rings (SSSR count). The van der Waals surface area contributed by atoms with Gasteiger partial charge in [0.2, 0.25) is 0 Å². The van der Waals surface area contributed by atoms with Crippen molar-refractivity contribution in [3.8, 4) is 0 Å². The molecule has 7 nitrogen and oxygen atoms in total. The molecule has 4 amide bonds. The molecule has 0 spiro atoms. The lowest BCUT2D eigenvalue weighted by molar-refractivity contribution is 0.178. The first-order valence-electron chi connectivity index (χ1n) is 8.01. The van der Waals surface area contributed by atoms with E-state index < -0.39 is 18.4 Å². The van der Waals surface area contributed by atoms with Gasteiger partial charge in [-0.3, -0.25) is 5.32 Å². The standard InChI is InChI=1S/C16H18FN5O2/c17-11-6-2-1-5-10(11)13-18-9-12-14(19-13)20-15(23)22(12)16(24)21-7-3-4-8-21/h1-2,5-6,9,13-14,18-19H,3-4,7-8H2,(H,20,23). The first-order valence-corrected chi connectivity index (χ1v) is 8.01. The van der Waals surface area contributed by atoms with Gasteiger partial charge in [0.05, 0.1) is 5.70 Å². The van der Waals surface area contributed by atoms with Crippen LogP contribution in [0.4, 0.5) is 14.0 Å². The number of halogens is 1. The van der Waals surface area contributed by atoms with E-state index in [-0.39, 0.29) is 11.8 Å².